The van der Waals surface area contributed by atoms with Gasteiger partial charge in [-0.1, -0.05) is 6.07 Å². The number of benzene rings is 1. The van der Waals surface area contributed by atoms with E-state index in [9.17, 15) is 22.8 Å². The molecule has 0 fully saturated rings. The molecule has 0 heterocycles. The van der Waals surface area contributed by atoms with Crippen molar-refractivity contribution in [1.29, 1.82) is 0 Å². The van der Waals surface area contributed by atoms with E-state index in [2.05, 4.69) is 5.32 Å². The second-order valence-electron chi connectivity index (χ2n) is 7.00. The lowest BCUT2D eigenvalue weighted by molar-refractivity contribution is -0.180. The molecule has 27 heavy (non-hydrogen) atoms. The summed E-state index contributed by atoms with van der Waals surface area (Å²) in [6, 6.07) is 3.25. The van der Waals surface area contributed by atoms with Crippen LogP contribution in [0.3, 0.4) is 0 Å². The van der Waals surface area contributed by atoms with Gasteiger partial charge in [0.1, 0.15) is 5.60 Å². The summed E-state index contributed by atoms with van der Waals surface area (Å²) in [6.07, 6.45) is -4.63. The molecule has 1 rings (SSSR count). The van der Waals surface area contributed by atoms with Crippen molar-refractivity contribution in [3.63, 3.8) is 0 Å². The van der Waals surface area contributed by atoms with Crippen molar-refractivity contribution in [3.8, 4) is 0 Å². The van der Waals surface area contributed by atoms with Gasteiger partial charge in [0.15, 0.2) is 0 Å². The number of hydrogen-bond donors (Lipinski definition) is 1. The van der Waals surface area contributed by atoms with Crippen molar-refractivity contribution in [2.45, 2.75) is 51.7 Å². The normalized spacial score (nSPS) is 14.4. The van der Waals surface area contributed by atoms with Crippen LogP contribution < -0.4 is 5.32 Å². The van der Waals surface area contributed by atoms with Crippen molar-refractivity contribution in [1.82, 2.24) is 0 Å². The van der Waals surface area contributed by atoms with Crippen molar-refractivity contribution in [3.05, 3.63) is 29.3 Å². The SMILES string of the molecule is COCc1ccc(NC(=O)C(C)(OC)C(=O)OC(C)(C)C)cc1C(F)(F)F. The number of methoxy groups -OCH3 is 2. The highest BCUT2D eigenvalue weighted by Crippen LogP contribution is 2.34. The Labute approximate surface area is 156 Å². The van der Waals surface area contributed by atoms with Crippen LogP contribution >= 0.6 is 0 Å². The fraction of sp³-hybridized carbons (Fsp3) is 0.556. The Bertz CT molecular complexity index is 697. The number of halogens is 3. The fourth-order valence-corrected chi connectivity index (χ4v) is 2.09. The van der Waals surface area contributed by atoms with Gasteiger partial charge in [0.25, 0.3) is 5.91 Å². The molecule has 0 spiro atoms. The number of rotatable bonds is 6. The van der Waals surface area contributed by atoms with Gasteiger partial charge in [0.05, 0.1) is 12.2 Å². The van der Waals surface area contributed by atoms with Crippen LogP contribution in [0.4, 0.5) is 18.9 Å². The number of hydrogen-bond acceptors (Lipinski definition) is 5. The Morgan fingerprint density at radius 1 is 1.07 bits per heavy atom. The van der Waals surface area contributed by atoms with Crippen molar-refractivity contribution in [2.75, 3.05) is 19.5 Å². The Morgan fingerprint density at radius 2 is 1.67 bits per heavy atom. The van der Waals surface area contributed by atoms with Crippen molar-refractivity contribution < 1.29 is 37.0 Å². The summed E-state index contributed by atoms with van der Waals surface area (Å²) in [5.74, 6) is -1.91. The first-order valence-corrected chi connectivity index (χ1v) is 8.03. The van der Waals surface area contributed by atoms with Crippen LogP contribution in [0.25, 0.3) is 0 Å². The minimum atomic E-state index is -4.63. The van der Waals surface area contributed by atoms with Crippen LogP contribution in [0.1, 0.15) is 38.8 Å². The number of carbonyl (C=O) groups is 2. The first-order valence-electron chi connectivity index (χ1n) is 8.03. The third-order valence-electron chi connectivity index (χ3n) is 3.60. The van der Waals surface area contributed by atoms with E-state index in [1.54, 1.807) is 20.8 Å². The number of nitrogens with one attached hydrogen (secondary N) is 1. The van der Waals surface area contributed by atoms with Gasteiger partial charge < -0.3 is 19.5 Å². The quantitative estimate of drug-likeness (QED) is 0.593. The second-order valence-corrected chi connectivity index (χ2v) is 7.00. The zero-order chi connectivity index (χ0) is 21.0. The maximum atomic E-state index is 13.2. The third kappa shape index (κ3) is 5.93. The first kappa shape index (κ1) is 22.9. The highest BCUT2D eigenvalue weighted by Gasteiger charge is 2.45. The maximum absolute atomic E-state index is 13.2. The molecule has 1 aromatic carbocycles. The summed E-state index contributed by atoms with van der Waals surface area (Å²) in [4.78, 5) is 24.8. The predicted octanol–water partition coefficient (Wildman–Crippen LogP) is 3.54. The van der Waals surface area contributed by atoms with Gasteiger partial charge in [-0.3, -0.25) is 4.79 Å². The van der Waals surface area contributed by atoms with E-state index < -0.39 is 34.8 Å². The molecule has 0 aliphatic carbocycles. The number of esters is 1. The van der Waals surface area contributed by atoms with Gasteiger partial charge in [-0.2, -0.15) is 13.2 Å². The van der Waals surface area contributed by atoms with Crippen molar-refractivity contribution in [2.24, 2.45) is 0 Å². The second kappa shape index (κ2) is 8.26. The lowest BCUT2D eigenvalue weighted by Crippen LogP contribution is -2.51. The zero-order valence-electron chi connectivity index (χ0n) is 16.1. The standard InChI is InChI=1S/C18H24F3NO5/c1-16(2,3)27-15(24)17(4,26-6)14(23)22-12-8-7-11(10-25-5)13(9-12)18(19,20)21/h7-9H,10H2,1-6H3,(H,22,23). The lowest BCUT2D eigenvalue weighted by atomic mass is 10.0. The molecular formula is C18H24F3NO5. The number of amides is 1. The Hall–Kier alpha value is -2.13. The molecule has 1 amide bonds. The molecule has 1 aromatic rings. The van der Waals surface area contributed by atoms with E-state index in [0.29, 0.717) is 0 Å². The average Bonchev–Trinajstić information content (AvgIpc) is 2.52. The van der Waals surface area contributed by atoms with Crippen LogP contribution in [-0.4, -0.2) is 37.3 Å². The molecule has 9 heteroatoms. The van der Waals surface area contributed by atoms with E-state index in [1.807, 2.05) is 0 Å². The van der Waals surface area contributed by atoms with Crippen LogP contribution in [0.15, 0.2) is 18.2 Å². The topological polar surface area (TPSA) is 73.9 Å². The Kier molecular flexibility index (Phi) is 7.01. The largest absolute Gasteiger partial charge is 0.457 e. The molecule has 0 aromatic heterocycles. The summed E-state index contributed by atoms with van der Waals surface area (Å²) in [5.41, 5.74) is -4.07. The maximum Gasteiger partial charge on any atom is 0.416 e. The van der Waals surface area contributed by atoms with E-state index in [0.717, 1.165) is 13.2 Å². The van der Waals surface area contributed by atoms with Gasteiger partial charge in [-0.05, 0) is 45.4 Å². The van der Waals surface area contributed by atoms with Gasteiger partial charge in [0.2, 0.25) is 5.60 Å². The molecule has 6 nitrogen and oxygen atoms in total. The number of ether oxygens (including phenoxy) is 3. The molecule has 1 N–H and O–H groups in total. The lowest BCUT2D eigenvalue weighted by Gasteiger charge is -2.29. The van der Waals surface area contributed by atoms with E-state index in [1.165, 1.54) is 26.2 Å². The van der Waals surface area contributed by atoms with Gasteiger partial charge in [0, 0.05) is 19.9 Å². The first-order chi connectivity index (χ1) is 12.2. The molecular weight excluding hydrogens is 367 g/mol. The van der Waals surface area contributed by atoms with Gasteiger partial charge in [-0.15, -0.1) is 0 Å². The molecule has 0 bridgehead atoms. The van der Waals surface area contributed by atoms with Crippen molar-refractivity contribution >= 4 is 17.6 Å². The minimum Gasteiger partial charge on any atom is -0.457 e. The van der Waals surface area contributed by atoms with Crippen LogP contribution in [0.2, 0.25) is 0 Å². The predicted molar refractivity (Wildman–Crippen MR) is 92.0 cm³/mol. The van der Waals surface area contributed by atoms with Gasteiger partial charge in [-0.25, -0.2) is 4.79 Å². The molecule has 0 aliphatic rings. The number of anilines is 1. The van der Waals surface area contributed by atoms with E-state index >= 15 is 0 Å². The highest BCUT2D eigenvalue weighted by molar-refractivity contribution is 6.11. The molecule has 1 unspecified atom stereocenters. The molecule has 0 radical (unpaired) electrons. The fourth-order valence-electron chi connectivity index (χ4n) is 2.09. The minimum absolute atomic E-state index is 0.0790. The monoisotopic (exact) mass is 391 g/mol. The van der Waals surface area contributed by atoms with Crippen LogP contribution in [0.5, 0.6) is 0 Å². The highest BCUT2D eigenvalue weighted by atomic mass is 19.4. The molecule has 1 atom stereocenters. The summed E-state index contributed by atoms with van der Waals surface area (Å²) >= 11 is 0. The van der Waals surface area contributed by atoms with Crippen LogP contribution in [0, 0.1) is 0 Å². The summed E-state index contributed by atoms with van der Waals surface area (Å²) in [6.45, 7) is 5.78. The third-order valence-corrected chi connectivity index (χ3v) is 3.60. The zero-order valence-corrected chi connectivity index (χ0v) is 16.1. The molecule has 0 aliphatic heterocycles. The van der Waals surface area contributed by atoms with Gasteiger partial charge >= 0.3 is 12.1 Å². The molecule has 152 valence electrons. The smallest absolute Gasteiger partial charge is 0.416 e. The van der Waals surface area contributed by atoms with E-state index in [4.69, 9.17) is 14.2 Å². The number of carbonyl (C=O) groups excluding carboxylic acids is 2. The summed E-state index contributed by atoms with van der Waals surface area (Å²) < 4.78 is 54.6. The van der Waals surface area contributed by atoms with Crippen LogP contribution in [-0.2, 0) is 36.6 Å². The molecule has 0 saturated carbocycles. The van der Waals surface area contributed by atoms with E-state index in [-0.39, 0.29) is 17.9 Å². The summed E-state index contributed by atoms with van der Waals surface area (Å²) in [5, 5.41) is 2.28. The number of alkyl halides is 3. The Balaban J connectivity index is 3.15. The Morgan fingerprint density at radius 3 is 2.11 bits per heavy atom. The molecule has 0 saturated heterocycles. The summed E-state index contributed by atoms with van der Waals surface area (Å²) in [7, 11) is 2.41. The average molecular weight is 391 g/mol.